The number of rotatable bonds is 5. The number of carboxylic acids is 1. The fourth-order valence-corrected chi connectivity index (χ4v) is 2.14. The second-order valence-corrected chi connectivity index (χ2v) is 4.04. The molecule has 1 aliphatic rings. The molecule has 0 amide bonds. The molecule has 1 aliphatic heterocycles. The second kappa shape index (κ2) is 4.72. The van der Waals surface area contributed by atoms with Gasteiger partial charge in [-0.25, -0.2) is 0 Å². The van der Waals surface area contributed by atoms with E-state index in [1.807, 2.05) is 11.8 Å². The molecule has 0 aromatic heterocycles. The van der Waals surface area contributed by atoms with Crippen LogP contribution in [0.15, 0.2) is 0 Å². The molecular formula is C8H15NO2S. The van der Waals surface area contributed by atoms with Crippen molar-refractivity contribution in [2.45, 2.75) is 19.4 Å². The summed E-state index contributed by atoms with van der Waals surface area (Å²) in [6.45, 7) is 3.76. The SMILES string of the molecule is CCN(CCC(=O)O)C1CSC1. The van der Waals surface area contributed by atoms with Crippen LogP contribution in [-0.4, -0.2) is 46.6 Å². The van der Waals surface area contributed by atoms with Crippen LogP contribution < -0.4 is 0 Å². The molecule has 1 saturated heterocycles. The van der Waals surface area contributed by atoms with Crippen molar-refractivity contribution < 1.29 is 9.90 Å². The Balaban J connectivity index is 2.20. The maximum Gasteiger partial charge on any atom is 0.304 e. The van der Waals surface area contributed by atoms with E-state index < -0.39 is 5.97 Å². The van der Waals surface area contributed by atoms with Gasteiger partial charge in [0, 0.05) is 24.1 Å². The first-order valence-corrected chi connectivity index (χ1v) is 5.43. The Morgan fingerprint density at radius 3 is 2.67 bits per heavy atom. The zero-order valence-corrected chi connectivity index (χ0v) is 8.14. The summed E-state index contributed by atoms with van der Waals surface area (Å²) >= 11 is 1.93. The topological polar surface area (TPSA) is 40.5 Å². The molecule has 0 aromatic rings. The van der Waals surface area contributed by atoms with Gasteiger partial charge in [0.2, 0.25) is 0 Å². The summed E-state index contributed by atoms with van der Waals surface area (Å²) in [7, 11) is 0. The van der Waals surface area contributed by atoms with Crippen LogP contribution in [0, 0.1) is 0 Å². The normalized spacial score (nSPS) is 17.8. The van der Waals surface area contributed by atoms with E-state index in [1.165, 1.54) is 11.5 Å². The van der Waals surface area contributed by atoms with Crippen molar-refractivity contribution in [2.75, 3.05) is 24.6 Å². The second-order valence-electron chi connectivity index (χ2n) is 2.96. The van der Waals surface area contributed by atoms with Gasteiger partial charge in [0.15, 0.2) is 0 Å². The third-order valence-electron chi connectivity index (χ3n) is 2.16. The predicted octanol–water partition coefficient (Wildman–Crippen LogP) is 0.898. The maximum atomic E-state index is 10.3. The van der Waals surface area contributed by atoms with Crippen LogP contribution in [0.5, 0.6) is 0 Å². The van der Waals surface area contributed by atoms with Crippen LogP contribution in [0.25, 0.3) is 0 Å². The molecule has 1 fully saturated rings. The number of nitrogens with zero attached hydrogens (tertiary/aromatic N) is 1. The van der Waals surface area contributed by atoms with Crippen molar-refractivity contribution in [1.82, 2.24) is 4.90 Å². The van der Waals surface area contributed by atoms with E-state index in [-0.39, 0.29) is 6.42 Å². The fourth-order valence-electron chi connectivity index (χ4n) is 1.27. The molecule has 0 spiro atoms. The molecule has 0 radical (unpaired) electrons. The molecule has 0 aliphatic carbocycles. The first-order chi connectivity index (χ1) is 5.74. The maximum absolute atomic E-state index is 10.3. The van der Waals surface area contributed by atoms with E-state index in [4.69, 9.17) is 5.11 Å². The Bertz CT molecular complexity index is 159. The van der Waals surface area contributed by atoms with Gasteiger partial charge in [0.25, 0.3) is 0 Å². The predicted molar refractivity (Wildman–Crippen MR) is 50.6 cm³/mol. The van der Waals surface area contributed by atoms with Crippen molar-refractivity contribution in [1.29, 1.82) is 0 Å². The minimum atomic E-state index is -0.694. The van der Waals surface area contributed by atoms with Crippen LogP contribution in [0.2, 0.25) is 0 Å². The van der Waals surface area contributed by atoms with Gasteiger partial charge in [-0.15, -0.1) is 0 Å². The largest absolute Gasteiger partial charge is 0.481 e. The molecule has 0 saturated carbocycles. The van der Waals surface area contributed by atoms with Crippen molar-refractivity contribution in [3.8, 4) is 0 Å². The smallest absolute Gasteiger partial charge is 0.304 e. The molecule has 0 unspecified atom stereocenters. The summed E-state index contributed by atoms with van der Waals surface area (Å²) < 4.78 is 0. The van der Waals surface area contributed by atoms with Crippen LogP contribution in [-0.2, 0) is 4.79 Å². The lowest BCUT2D eigenvalue weighted by atomic mass is 10.2. The quantitative estimate of drug-likeness (QED) is 0.697. The summed E-state index contributed by atoms with van der Waals surface area (Å²) in [4.78, 5) is 12.6. The van der Waals surface area contributed by atoms with Crippen molar-refractivity contribution in [3.63, 3.8) is 0 Å². The lowest BCUT2D eigenvalue weighted by Crippen LogP contribution is -2.45. The van der Waals surface area contributed by atoms with Crippen LogP contribution >= 0.6 is 11.8 Å². The third kappa shape index (κ3) is 2.68. The van der Waals surface area contributed by atoms with Crippen LogP contribution in [0.3, 0.4) is 0 Å². The number of hydrogen-bond acceptors (Lipinski definition) is 3. The van der Waals surface area contributed by atoms with Crippen molar-refractivity contribution >= 4 is 17.7 Å². The summed E-state index contributed by atoms with van der Waals surface area (Å²) in [5, 5.41) is 8.50. The Kier molecular flexibility index (Phi) is 3.88. The minimum Gasteiger partial charge on any atom is -0.481 e. The summed E-state index contributed by atoms with van der Waals surface area (Å²) in [6.07, 6.45) is 0.273. The van der Waals surface area contributed by atoms with Gasteiger partial charge in [-0.3, -0.25) is 9.69 Å². The van der Waals surface area contributed by atoms with E-state index in [9.17, 15) is 4.79 Å². The zero-order valence-electron chi connectivity index (χ0n) is 7.32. The zero-order chi connectivity index (χ0) is 8.97. The van der Waals surface area contributed by atoms with Gasteiger partial charge in [-0.2, -0.15) is 11.8 Å². The molecule has 0 bridgehead atoms. The summed E-state index contributed by atoms with van der Waals surface area (Å²) in [6, 6.07) is 0.638. The van der Waals surface area contributed by atoms with Crippen LogP contribution in [0.1, 0.15) is 13.3 Å². The van der Waals surface area contributed by atoms with E-state index in [0.717, 1.165) is 6.54 Å². The molecule has 12 heavy (non-hydrogen) atoms. The monoisotopic (exact) mass is 189 g/mol. The molecule has 1 N–H and O–H groups in total. The molecule has 0 atom stereocenters. The lowest BCUT2D eigenvalue weighted by Gasteiger charge is -2.35. The van der Waals surface area contributed by atoms with Gasteiger partial charge in [0.05, 0.1) is 6.42 Å². The van der Waals surface area contributed by atoms with Gasteiger partial charge >= 0.3 is 5.97 Å². The first-order valence-electron chi connectivity index (χ1n) is 4.27. The highest BCUT2D eigenvalue weighted by Gasteiger charge is 2.24. The Morgan fingerprint density at radius 2 is 2.33 bits per heavy atom. The standard InChI is InChI=1S/C8H15NO2S/c1-2-9(4-3-8(10)11)7-5-12-6-7/h7H,2-6H2,1H3,(H,10,11). The van der Waals surface area contributed by atoms with E-state index >= 15 is 0 Å². The van der Waals surface area contributed by atoms with E-state index in [2.05, 4.69) is 11.8 Å². The highest BCUT2D eigenvalue weighted by Crippen LogP contribution is 2.22. The molecule has 70 valence electrons. The molecule has 3 nitrogen and oxygen atoms in total. The summed E-state index contributed by atoms with van der Waals surface area (Å²) in [5.74, 6) is 1.65. The number of thioether (sulfide) groups is 1. The van der Waals surface area contributed by atoms with Gasteiger partial charge in [0.1, 0.15) is 0 Å². The molecule has 1 rings (SSSR count). The number of hydrogen-bond donors (Lipinski definition) is 1. The first kappa shape index (κ1) is 9.86. The third-order valence-corrected chi connectivity index (χ3v) is 3.40. The van der Waals surface area contributed by atoms with Crippen molar-refractivity contribution in [2.24, 2.45) is 0 Å². The average Bonchev–Trinajstić information content (AvgIpc) is 1.93. The Labute approximate surface area is 77.1 Å². The van der Waals surface area contributed by atoms with Crippen molar-refractivity contribution in [3.05, 3.63) is 0 Å². The highest BCUT2D eigenvalue weighted by molar-refractivity contribution is 8.00. The Hall–Kier alpha value is -0.220. The number of carbonyl (C=O) groups is 1. The van der Waals surface area contributed by atoms with E-state index in [0.29, 0.717) is 12.6 Å². The van der Waals surface area contributed by atoms with E-state index in [1.54, 1.807) is 0 Å². The summed E-state index contributed by atoms with van der Waals surface area (Å²) in [5.41, 5.74) is 0. The fraction of sp³-hybridized carbons (Fsp3) is 0.875. The highest BCUT2D eigenvalue weighted by atomic mass is 32.2. The van der Waals surface area contributed by atoms with Gasteiger partial charge in [-0.05, 0) is 6.54 Å². The van der Waals surface area contributed by atoms with Gasteiger partial charge in [-0.1, -0.05) is 6.92 Å². The molecule has 0 aromatic carbocycles. The number of aliphatic carboxylic acids is 1. The average molecular weight is 189 g/mol. The minimum absolute atomic E-state index is 0.273. The molecule has 4 heteroatoms. The molecule has 1 heterocycles. The number of carboxylic acid groups (broad SMARTS) is 1. The van der Waals surface area contributed by atoms with Gasteiger partial charge < -0.3 is 5.11 Å². The van der Waals surface area contributed by atoms with Crippen LogP contribution in [0.4, 0.5) is 0 Å². The molecular weight excluding hydrogens is 174 g/mol. The lowest BCUT2D eigenvalue weighted by molar-refractivity contribution is -0.137. The Morgan fingerprint density at radius 1 is 1.67 bits per heavy atom.